The Bertz CT molecular complexity index is 306. The number of fused-ring (bicyclic) bond motifs is 1. The van der Waals surface area contributed by atoms with Gasteiger partial charge in [-0.3, -0.25) is 0 Å². The molecule has 1 N–H and O–H groups in total. The van der Waals surface area contributed by atoms with Gasteiger partial charge in [-0.2, -0.15) is 0 Å². The Kier molecular flexibility index (Phi) is 1.38. The molecule has 1 saturated heterocycles. The van der Waals surface area contributed by atoms with Crippen LogP contribution in [0.15, 0.2) is 22.8 Å². The SMILES string of the molecule is O[C@@H](c1ccco1)[C@@]12CCC[C@@H]1O2. The van der Waals surface area contributed by atoms with Crippen molar-refractivity contribution in [3.63, 3.8) is 0 Å². The van der Waals surface area contributed by atoms with Gasteiger partial charge in [-0.05, 0) is 31.4 Å². The van der Waals surface area contributed by atoms with E-state index in [-0.39, 0.29) is 11.7 Å². The molecule has 0 spiro atoms. The third kappa shape index (κ3) is 0.914. The van der Waals surface area contributed by atoms with Gasteiger partial charge in [0.2, 0.25) is 0 Å². The lowest BCUT2D eigenvalue weighted by Gasteiger charge is -2.14. The minimum atomic E-state index is -0.574. The molecule has 2 aliphatic rings. The molecule has 3 rings (SSSR count). The zero-order valence-corrected chi connectivity index (χ0v) is 7.27. The molecular formula is C10H12O3. The predicted molar refractivity (Wildman–Crippen MR) is 45.1 cm³/mol. The summed E-state index contributed by atoms with van der Waals surface area (Å²) in [5.74, 6) is 0.629. The van der Waals surface area contributed by atoms with E-state index in [0.29, 0.717) is 5.76 Å². The second kappa shape index (κ2) is 2.36. The number of ether oxygens (including phenoxy) is 1. The Morgan fingerprint density at radius 3 is 3.08 bits per heavy atom. The number of hydrogen-bond acceptors (Lipinski definition) is 3. The second-order valence-electron chi connectivity index (χ2n) is 3.87. The van der Waals surface area contributed by atoms with Gasteiger partial charge in [0.25, 0.3) is 0 Å². The molecule has 3 nitrogen and oxygen atoms in total. The molecule has 0 amide bonds. The fourth-order valence-corrected chi connectivity index (χ4v) is 2.38. The standard InChI is InChI=1S/C10H12O3/c11-9(7-3-2-6-12-7)10-5-1-4-8(10)13-10/h2-3,6,8-9,11H,1,4-5H2/t8-,9-,10+/m0/s1. The van der Waals surface area contributed by atoms with Crippen LogP contribution in [0, 0.1) is 0 Å². The molecule has 3 atom stereocenters. The van der Waals surface area contributed by atoms with Crippen LogP contribution in [0.1, 0.15) is 31.1 Å². The minimum Gasteiger partial charge on any atom is -0.466 e. The van der Waals surface area contributed by atoms with Crippen molar-refractivity contribution in [3.05, 3.63) is 24.2 Å². The molecule has 1 aromatic heterocycles. The molecule has 70 valence electrons. The van der Waals surface area contributed by atoms with Gasteiger partial charge < -0.3 is 14.3 Å². The zero-order chi connectivity index (χ0) is 8.89. The van der Waals surface area contributed by atoms with Crippen molar-refractivity contribution in [2.45, 2.75) is 37.1 Å². The quantitative estimate of drug-likeness (QED) is 0.703. The lowest BCUT2D eigenvalue weighted by atomic mass is 9.98. The van der Waals surface area contributed by atoms with Crippen LogP contribution in [0.5, 0.6) is 0 Å². The highest BCUT2D eigenvalue weighted by atomic mass is 16.6. The van der Waals surface area contributed by atoms with Crippen molar-refractivity contribution in [1.82, 2.24) is 0 Å². The molecule has 1 saturated carbocycles. The molecule has 2 fully saturated rings. The first-order chi connectivity index (χ1) is 6.33. The van der Waals surface area contributed by atoms with E-state index in [4.69, 9.17) is 9.15 Å². The number of aliphatic hydroxyl groups excluding tert-OH is 1. The van der Waals surface area contributed by atoms with Gasteiger partial charge in [0.1, 0.15) is 17.5 Å². The molecule has 0 bridgehead atoms. The van der Waals surface area contributed by atoms with Crippen molar-refractivity contribution < 1.29 is 14.3 Å². The van der Waals surface area contributed by atoms with Gasteiger partial charge in [-0.1, -0.05) is 0 Å². The molecular weight excluding hydrogens is 168 g/mol. The van der Waals surface area contributed by atoms with Crippen molar-refractivity contribution in [2.75, 3.05) is 0 Å². The van der Waals surface area contributed by atoms with Gasteiger partial charge >= 0.3 is 0 Å². The predicted octanol–water partition coefficient (Wildman–Crippen LogP) is 1.63. The fraction of sp³-hybridized carbons (Fsp3) is 0.600. The Labute approximate surface area is 76.3 Å². The minimum absolute atomic E-state index is 0.271. The van der Waals surface area contributed by atoms with E-state index >= 15 is 0 Å². The Morgan fingerprint density at radius 1 is 1.62 bits per heavy atom. The molecule has 13 heavy (non-hydrogen) atoms. The molecule has 2 heterocycles. The van der Waals surface area contributed by atoms with Crippen LogP contribution in [-0.2, 0) is 4.74 Å². The molecule has 3 heteroatoms. The summed E-state index contributed by atoms with van der Waals surface area (Å²) < 4.78 is 10.7. The topological polar surface area (TPSA) is 45.9 Å². The summed E-state index contributed by atoms with van der Waals surface area (Å²) in [4.78, 5) is 0. The summed E-state index contributed by atoms with van der Waals surface area (Å²) in [5, 5.41) is 9.99. The molecule has 0 unspecified atom stereocenters. The normalized spacial score (nSPS) is 38.7. The van der Waals surface area contributed by atoms with E-state index in [9.17, 15) is 5.11 Å². The highest BCUT2D eigenvalue weighted by Gasteiger charge is 2.64. The van der Waals surface area contributed by atoms with Crippen LogP contribution < -0.4 is 0 Å². The second-order valence-corrected chi connectivity index (χ2v) is 3.87. The zero-order valence-electron chi connectivity index (χ0n) is 7.27. The first kappa shape index (κ1) is 7.59. The summed E-state index contributed by atoms with van der Waals surface area (Å²) >= 11 is 0. The van der Waals surface area contributed by atoms with E-state index in [2.05, 4.69) is 0 Å². The molecule has 1 aromatic rings. The summed E-state index contributed by atoms with van der Waals surface area (Å²) in [6, 6.07) is 3.60. The van der Waals surface area contributed by atoms with Gasteiger partial charge in [-0.25, -0.2) is 0 Å². The average Bonchev–Trinajstić information content (AvgIpc) is 2.63. The Balaban J connectivity index is 1.86. The van der Waals surface area contributed by atoms with Gasteiger partial charge in [0, 0.05) is 0 Å². The maximum atomic E-state index is 9.99. The van der Waals surface area contributed by atoms with Crippen molar-refractivity contribution in [1.29, 1.82) is 0 Å². The summed E-state index contributed by atoms with van der Waals surface area (Å²) in [7, 11) is 0. The van der Waals surface area contributed by atoms with E-state index in [1.54, 1.807) is 18.4 Å². The van der Waals surface area contributed by atoms with Crippen LogP contribution in [0.3, 0.4) is 0 Å². The first-order valence-electron chi connectivity index (χ1n) is 4.72. The fourth-order valence-electron chi connectivity index (χ4n) is 2.38. The summed E-state index contributed by atoms with van der Waals surface area (Å²) in [6.45, 7) is 0. The highest BCUT2D eigenvalue weighted by molar-refractivity contribution is 5.18. The van der Waals surface area contributed by atoms with Crippen LogP contribution in [0.2, 0.25) is 0 Å². The van der Waals surface area contributed by atoms with Gasteiger partial charge in [-0.15, -0.1) is 0 Å². The van der Waals surface area contributed by atoms with E-state index < -0.39 is 6.10 Å². The monoisotopic (exact) mass is 180 g/mol. The number of aliphatic hydroxyl groups is 1. The van der Waals surface area contributed by atoms with Crippen molar-refractivity contribution >= 4 is 0 Å². The van der Waals surface area contributed by atoms with E-state index in [1.807, 2.05) is 0 Å². The largest absolute Gasteiger partial charge is 0.466 e. The molecule has 0 aromatic carbocycles. The van der Waals surface area contributed by atoms with E-state index in [1.165, 1.54) is 0 Å². The van der Waals surface area contributed by atoms with Gasteiger partial charge in [0.15, 0.2) is 0 Å². The van der Waals surface area contributed by atoms with Crippen LogP contribution in [-0.4, -0.2) is 16.8 Å². The third-order valence-electron chi connectivity index (χ3n) is 3.16. The van der Waals surface area contributed by atoms with Crippen molar-refractivity contribution in [3.8, 4) is 0 Å². The van der Waals surface area contributed by atoms with Gasteiger partial charge in [0.05, 0.1) is 12.4 Å². The number of epoxide rings is 1. The number of hydrogen-bond donors (Lipinski definition) is 1. The molecule has 0 radical (unpaired) electrons. The summed E-state index contributed by atoms with van der Waals surface area (Å²) in [5.41, 5.74) is -0.294. The smallest absolute Gasteiger partial charge is 0.143 e. The van der Waals surface area contributed by atoms with Crippen LogP contribution in [0.25, 0.3) is 0 Å². The molecule has 1 aliphatic heterocycles. The average molecular weight is 180 g/mol. The third-order valence-corrected chi connectivity index (χ3v) is 3.16. The number of rotatable bonds is 2. The first-order valence-corrected chi connectivity index (χ1v) is 4.72. The van der Waals surface area contributed by atoms with Crippen LogP contribution >= 0.6 is 0 Å². The number of furan rings is 1. The Hall–Kier alpha value is -0.800. The summed E-state index contributed by atoms with van der Waals surface area (Å²) in [6.07, 6.45) is 4.48. The van der Waals surface area contributed by atoms with Crippen LogP contribution in [0.4, 0.5) is 0 Å². The van der Waals surface area contributed by atoms with E-state index in [0.717, 1.165) is 19.3 Å². The Morgan fingerprint density at radius 2 is 2.54 bits per heavy atom. The highest BCUT2D eigenvalue weighted by Crippen LogP contribution is 2.56. The molecule has 1 aliphatic carbocycles. The lowest BCUT2D eigenvalue weighted by Crippen LogP contribution is -2.21. The van der Waals surface area contributed by atoms with Crippen molar-refractivity contribution in [2.24, 2.45) is 0 Å². The lowest BCUT2D eigenvalue weighted by molar-refractivity contribution is 0.0506. The maximum absolute atomic E-state index is 9.99. The maximum Gasteiger partial charge on any atom is 0.143 e.